The van der Waals surface area contributed by atoms with Crippen LogP contribution in [0.4, 0.5) is 16.3 Å². The van der Waals surface area contributed by atoms with Gasteiger partial charge in [-0.15, -0.1) is 0 Å². The molecule has 2 amide bonds. The Kier molecular flexibility index (Phi) is 5.03. The number of amides is 2. The van der Waals surface area contributed by atoms with E-state index in [-0.39, 0.29) is 17.6 Å². The number of aromatic nitrogens is 2. The van der Waals surface area contributed by atoms with Gasteiger partial charge in [0, 0.05) is 30.6 Å². The van der Waals surface area contributed by atoms with Crippen LogP contribution in [0.3, 0.4) is 0 Å². The number of nitrogens with two attached hydrogens (primary N) is 1. The SMILES string of the molecule is CNC(=O)Nc1ccc(-c2nc(N)cc(CS(C)(=O)=O)n2)cc1C. The van der Waals surface area contributed by atoms with Crippen molar-refractivity contribution in [1.29, 1.82) is 0 Å². The zero-order valence-electron chi connectivity index (χ0n) is 13.6. The lowest BCUT2D eigenvalue weighted by molar-refractivity contribution is 0.254. The normalized spacial score (nSPS) is 11.1. The van der Waals surface area contributed by atoms with Crippen molar-refractivity contribution < 1.29 is 13.2 Å². The summed E-state index contributed by atoms with van der Waals surface area (Å²) >= 11 is 0. The second-order valence-corrected chi connectivity index (χ2v) is 7.55. The highest BCUT2D eigenvalue weighted by Crippen LogP contribution is 2.23. The van der Waals surface area contributed by atoms with E-state index >= 15 is 0 Å². The standard InChI is InChI=1S/C15H19N5O3S/c1-9-6-10(4-5-12(9)19-15(21)17-2)14-18-11(7-13(16)20-14)8-24(3,22)23/h4-7H,8H2,1-3H3,(H2,16,18,20)(H2,17,19,21). The summed E-state index contributed by atoms with van der Waals surface area (Å²) in [5, 5.41) is 5.17. The quantitative estimate of drug-likeness (QED) is 0.764. The van der Waals surface area contributed by atoms with E-state index in [0.29, 0.717) is 22.8 Å². The van der Waals surface area contributed by atoms with Gasteiger partial charge in [0.1, 0.15) is 5.82 Å². The Bertz CT molecular complexity index is 881. The van der Waals surface area contributed by atoms with Gasteiger partial charge in [-0.3, -0.25) is 0 Å². The molecule has 0 saturated carbocycles. The molecule has 128 valence electrons. The van der Waals surface area contributed by atoms with E-state index in [4.69, 9.17) is 5.73 Å². The lowest BCUT2D eigenvalue weighted by Gasteiger charge is -2.10. The highest BCUT2D eigenvalue weighted by atomic mass is 32.2. The number of nitrogen functional groups attached to an aromatic ring is 1. The number of carbonyl (C=O) groups excluding carboxylic acids is 1. The number of aryl methyl sites for hydroxylation is 1. The number of nitrogens with one attached hydrogen (secondary N) is 2. The number of sulfone groups is 1. The number of rotatable bonds is 4. The summed E-state index contributed by atoms with van der Waals surface area (Å²) in [5.74, 6) is 0.328. The van der Waals surface area contributed by atoms with Gasteiger partial charge < -0.3 is 16.4 Å². The van der Waals surface area contributed by atoms with Crippen molar-refractivity contribution in [3.05, 3.63) is 35.5 Å². The molecule has 9 heteroatoms. The third-order valence-electron chi connectivity index (χ3n) is 3.17. The molecule has 1 aromatic heterocycles. The minimum Gasteiger partial charge on any atom is -0.384 e. The molecule has 24 heavy (non-hydrogen) atoms. The van der Waals surface area contributed by atoms with Gasteiger partial charge in [0.2, 0.25) is 0 Å². The number of urea groups is 1. The topological polar surface area (TPSA) is 127 Å². The third kappa shape index (κ3) is 4.66. The summed E-state index contributed by atoms with van der Waals surface area (Å²) in [6.45, 7) is 1.83. The van der Waals surface area contributed by atoms with Gasteiger partial charge in [-0.1, -0.05) is 0 Å². The molecule has 0 atom stereocenters. The Morgan fingerprint density at radius 2 is 1.96 bits per heavy atom. The fourth-order valence-electron chi connectivity index (χ4n) is 2.12. The number of carbonyl (C=O) groups is 1. The molecule has 2 rings (SSSR count). The summed E-state index contributed by atoms with van der Waals surface area (Å²) in [6.07, 6.45) is 1.13. The van der Waals surface area contributed by atoms with Crippen molar-refractivity contribution in [2.45, 2.75) is 12.7 Å². The predicted molar refractivity (Wildman–Crippen MR) is 93.2 cm³/mol. The number of hydrogen-bond acceptors (Lipinski definition) is 6. The molecule has 0 aliphatic rings. The number of benzene rings is 1. The molecule has 0 bridgehead atoms. The maximum absolute atomic E-state index is 11.4. The number of anilines is 2. The van der Waals surface area contributed by atoms with E-state index in [1.807, 2.05) is 6.92 Å². The number of nitrogens with zero attached hydrogens (tertiary/aromatic N) is 2. The molecule has 0 fully saturated rings. The molecule has 0 spiro atoms. The average Bonchev–Trinajstić information content (AvgIpc) is 2.46. The molecule has 2 aromatic rings. The summed E-state index contributed by atoms with van der Waals surface area (Å²) < 4.78 is 22.9. The second kappa shape index (κ2) is 6.83. The zero-order valence-corrected chi connectivity index (χ0v) is 14.4. The van der Waals surface area contributed by atoms with Crippen molar-refractivity contribution in [3.63, 3.8) is 0 Å². The van der Waals surface area contributed by atoms with E-state index in [1.54, 1.807) is 18.2 Å². The average molecular weight is 349 g/mol. The van der Waals surface area contributed by atoms with Gasteiger partial charge in [0.25, 0.3) is 0 Å². The largest absolute Gasteiger partial charge is 0.384 e. The van der Waals surface area contributed by atoms with Crippen molar-refractivity contribution in [2.75, 3.05) is 24.4 Å². The van der Waals surface area contributed by atoms with Gasteiger partial charge in [0.15, 0.2) is 15.7 Å². The van der Waals surface area contributed by atoms with Gasteiger partial charge >= 0.3 is 6.03 Å². The van der Waals surface area contributed by atoms with E-state index in [0.717, 1.165) is 11.8 Å². The lowest BCUT2D eigenvalue weighted by Crippen LogP contribution is -2.24. The number of hydrogen-bond donors (Lipinski definition) is 3. The fourth-order valence-corrected chi connectivity index (χ4v) is 2.80. The van der Waals surface area contributed by atoms with Gasteiger partial charge in [-0.05, 0) is 30.7 Å². The molecule has 8 nitrogen and oxygen atoms in total. The summed E-state index contributed by atoms with van der Waals surface area (Å²) in [5.41, 5.74) is 8.24. The van der Waals surface area contributed by atoms with E-state index in [1.165, 1.54) is 13.1 Å². The summed E-state index contributed by atoms with van der Waals surface area (Å²) in [4.78, 5) is 19.8. The Labute approximate surface area is 140 Å². The van der Waals surface area contributed by atoms with Crippen LogP contribution in [0.2, 0.25) is 0 Å². The lowest BCUT2D eigenvalue weighted by atomic mass is 10.1. The highest BCUT2D eigenvalue weighted by molar-refractivity contribution is 7.89. The third-order valence-corrected chi connectivity index (χ3v) is 3.99. The first-order valence-electron chi connectivity index (χ1n) is 7.09. The molecular formula is C15H19N5O3S. The first-order valence-corrected chi connectivity index (χ1v) is 9.15. The zero-order chi connectivity index (χ0) is 17.9. The minimum atomic E-state index is -3.22. The molecule has 4 N–H and O–H groups in total. The van der Waals surface area contributed by atoms with Crippen LogP contribution in [0.25, 0.3) is 11.4 Å². The van der Waals surface area contributed by atoms with Crippen LogP contribution in [0.5, 0.6) is 0 Å². The van der Waals surface area contributed by atoms with Crippen LogP contribution in [0.15, 0.2) is 24.3 Å². The van der Waals surface area contributed by atoms with Crippen molar-refractivity contribution in [2.24, 2.45) is 0 Å². The van der Waals surface area contributed by atoms with E-state index < -0.39 is 9.84 Å². The van der Waals surface area contributed by atoms with Crippen molar-refractivity contribution in [3.8, 4) is 11.4 Å². The first-order chi connectivity index (χ1) is 11.2. The minimum absolute atomic E-state index is 0.198. The fraction of sp³-hybridized carbons (Fsp3) is 0.267. The second-order valence-electron chi connectivity index (χ2n) is 5.41. The van der Waals surface area contributed by atoms with Crippen molar-refractivity contribution in [1.82, 2.24) is 15.3 Å². The van der Waals surface area contributed by atoms with E-state index in [2.05, 4.69) is 20.6 Å². The molecular weight excluding hydrogens is 330 g/mol. The molecule has 0 aliphatic carbocycles. The predicted octanol–water partition coefficient (Wildman–Crippen LogP) is 1.33. The molecule has 1 aromatic carbocycles. The smallest absolute Gasteiger partial charge is 0.318 e. The molecule has 0 radical (unpaired) electrons. The van der Waals surface area contributed by atoms with Crippen LogP contribution < -0.4 is 16.4 Å². The molecule has 1 heterocycles. The maximum atomic E-state index is 11.4. The van der Waals surface area contributed by atoms with E-state index in [9.17, 15) is 13.2 Å². The molecule has 0 saturated heterocycles. The Morgan fingerprint density at radius 3 is 2.54 bits per heavy atom. The maximum Gasteiger partial charge on any atom is 0.318 e. The molecule has 0 aliphatic heterocycles. The van der Waals surface area contributed by atoms with Crippen LogP contribution in [-0.2, 0) is 15.6 Å². The van der Waals surface area contributed by atoms with Crippen LogP contribution >= 0.6 is 0 Å². The Balaban J connectivity index is 2.38. The summed E-state index contributed by atoms with van der Waals surface area (Å²) in [7, 11) is -1.69. The Hall–Kier alpha value is -2.68. The highest BCUT2D eigenvalue weighted by Gasteiger charge is 2.12. The monoisotopic (exact) mass is 349 g/mol. The molecule has 0 unspecified atom stereocenters. The van der Waals surface area contributed by atoms with Gasteiger partial charge in [-0.2, -0.15) is 0 Å². The Morgan fingerprint density at radius 1 is 1.25 bits per heavy atom. The van der Waals surface area contributed by atoms with Crippen LogP contribution in [-0.4, -0.2) is 37.7 Å². The summed E-state index contributed by atoms with van der Waals surface area (Å²) in [6, 6.07) is 6.38. The van der Waals surface area contributed by atoms with Crippen LogP contribution in [0.1, 0.15) is 11.3 Å². The van der Waals surface area contributed by atoms with Crippen molar-refractivity contribution >= 4 is 27.4 Å². The first kappa shape index (κ1) is 17.7. The van der Waals surface area contributed by atoms with Gasteiger partial charge in [-0.25, -0.2) is 23.2 Å². The van der Waals surface area contributed by atoms with Gasteiger partial charge in [0.05, 0.1) is 11.4 Å². The van der Waals surface area contributed by atoms with Crippen LogP contribution in [0, 0.1) is 6.92 Å².